The third-order valence-corrected chi connectivity index (χ3v) is 10.0. The summed E-state index contributed by atoms with van der Waals surface area (Å²) in [4.78, 5) is 14.9. The Morgan fingerprint density at radius 1 is 1.00 bits per heavy atom. The summed E-state index contributed by atoms with van der Waals surface area (Å²) in [5, 5.41) is 0. The fourth-order valence-electron chi connectivity index (χ4n) is 5.13. The first kappa shape index (κ1) is 28.3. The number of halogens is 3. The van der Waals surface area contributed by atoms with Crippen molar-refractivity contribution < 1.29 is 35.9 Å². The van der Waals surface area contributed by atoms with Gasteiger partial charge < -0.3 is 15.2 Å². The van der Waals surface area contributed by atoms with Gasteiger partial charge in [-0.25, -0.2) is 12.7 Å². The van der Waals surface area contributed by atoms with E-state index in [1.165, 1.54) is 23.5 Å². The van der Waals surface area contributed by atoms with Crippen LogP contribution in [-0.4, -0.2) is 67.7 Å². The van der Waals surface area contributed by atoms with E-state index in [0.717, 1.165) is 17.7 Å². The Balaban J connectivity index is 1.41. The Morgan fingerprint density at radius 2 is 1.58 bits per heavy atom. The van der Waals surface area contributed by atoms with Crippen molar-refractivity contribution in [2.45, 2.75) is 48.9 Å². The second-order valence-corrected chi connectivity index (χ2v) is 11.9. The van der Waals surface area contributed by atoms with Crippen molar-refractivity contribution in [3.63, 3.8) is 0 Å². The number of hydrogen-bond acceptors (Lipinski definition) is 7. The standard InChI is InChI=1S/C26H32F3N3O5S/c1-36-24(33)25(13-17-31(18-14-25)23(30)19-5-3-2-4-6-19)38(34,35)32-15-11-22(12-16-32)37-21-9-7-20(8-10-21)26(27,28)29/h2-10,22-23H,11-18,30H2,1H3. The summed E-state index contributed by atoms with van der Waals surface area (Å²) in [5.74, 6) is -0.499. The molecule has 4 rings (SSSR count). The van der Waals surface area contributed by atoms with Crippen molar-refractivity contribution in [2.75, 3.05) is 33.3 Å². The molecule has 2 heterocycles. The zero-order valence-corrected chi connectivity index (χ0v) is 21.9. The summed E-state index contributed by atoms with van der Waals surface area (Å²) >= 11 is 0. The maximum absolute atomic E-state index is 13.8. The van der Waals surface area contributed by atoms with Gasteiger partial charge in [0.05, 0.1) is 18.8 Å². The van der Waals surface area contributed by atoms with E-state index in [2.05, 4.69) is 0 Å². The summed E-state index contributed by atoms with van der Waals surface area (Å²) in [6, 6.07) is 13.9. The first-order chi connectivity index (χ1) is 18.0. The van der Waals surface area contributed by atoms with E-state index in [9.17, 15) is 26.4 Å². The minimum atomic E-state index is -4.43. The SMILES string of the molecule is COC(=O)C1(S(=O)(=O)N2CCC(Oc3ccc(C(F)(F)F)cc3)CC2)CCN(C(N)c2ccccc2)CC1. The molecule has 2 aliphatic rings. The minimum absolute atomic E-state index is 0.0462. The number of carbonyl (C=O) groups is 1. The van der Waals surface area contributed by atoms with Crippen molar-refractivity contribution >= 4 is 16.0 Å². The second-order valence-electron chi connectivity index (χ2n) is 9.62. The lowest BCUT2D eigenvalue weighted by molar-refractivity contribution is -0.145. The van der Waals surface area contributed by atoms with Crippen molar-refractivity contribution in [3.8, 4) is 5.75 Å². The highest BCUT2D eigenvalue weighted by molar-refractivity contribution is 7.91. The molecule has 0 radical (unpaired) electrons. The first-order valence-electron chi connectivity index (χ1n) is 12.4. The fourth-order valence-corrected chi connectivity index (χ4v) is 7.31. The predicted octanol–water partition coefficient (Wildman–Crippen LogP) is 3.54. The lowest BCUT2D eigenvalue weighted by Gasteiger charge is -2.44. The van der Waals surface area contributed by atoms with E-state index in [1.807, 2.05) is 35.2 Å². The van der Waals surface area contributed by atoms with Gasteiger partial charge in [0.25, 0.3) is 0 Å². The average Bonchev–Trinajstić information content (AvgIpc) is 2.92. The monoisotopic (exact) mass is 555 g/mol. The number of sulfonamides is 1. The third kappa shape index (κ3) is 5.68. The number of piperidine rings is 2. The van der Waals surface area contributed by atoms with E-state index in [4.69, 9.17) is 15.2 Å². The quantitative estimate of drug-likeness (QED) is 0.522. The van der Waals surface area contributed by atoms with Gasteiger partial charge in [0.1, 0.15) is 11.9 Å². The summed E-state index contributed by atoms with van der Waals surface area (Å²) in [7, 11) is -2.89. The highest BCUT2D eigenvalue weighted by atomic mass is 32.2. The normalized spacial score (nSPS) is 20.6. The molecule has 208 valence electrons. The number of methoxy groups -OCH3 is 1. The highest BCUT2D eigenvalue weighted by Gasteiger charge is 2.56. The van der Waals surface area contributed by atoms with Crippen LogP contribution in [0.1, 0.15) is 43.0 Å². The molecule has 1 atom stereocenters. The van der Waals surface area contributed by atoms with Gasteiger partial charge in [-0.2, -0.15) is 13.2 Å². The Hall–Kier alpha value is -2.67. The van der Waals surface area contributed by atoms with Gasteiger partial charge in [-0.05, 0) is 55.5 Å². The average molecular weight is 556 g/mol. The molecule has 2 aromatic carbocycles. The molecule has 0 aliphatic carbocycles. The van der Waals surface area contributed by atoms with Crippen LogP contribution in [0.5, 0.6) is 5.75 Å². The first-order valence-corrected chi connectivity index (χ1v) is 13.9. The second kappa shape index (κ2) is 11.2. The van der Waals surface area contributed by atoms with Crippen LogP contribution in [0.25, 0.3) is 0 Å². The number of rotatable bonds is 7. The molecule has 2 fully saturated rings. The number of esters is 1. The van der Waals surface area contributed by atoms with Crippen molar-refractivity contribution in [1.29, 1.82) is 0 Å². The number of nitrogens with two attached hydrogens (primary N) is 1. The molecule has 0 amide bonds. The van der Waals surface area contributed by atoms with Crippen LogP contribution >= 0.6 is 0 Å². The predicted molar refractivity (Wildman–Crippen MR) is 135 cm³/mol. The van der Waals surface area contributed by atoms with Crippen LogP contribution in [0.4, 0.5) is 13.2 Å². The molecule has 2 N–H and O–H groups in total. The molecular formula is C26H32F3N3O5S. The molecule has 1 unspecified atom stereocenters. The van der Waals surface area contributed by atoms with E-state index < -0.39 is 38.6 Å². The Bertz CT molecular complexity index is 1190. The number of hydrogen-bond donors (Lipinski definition) is 1. The maximum Gasteiger partial charge on any atom is 0.416 e. The van der Waals surface area contributed by atoms with Gasteiger partial charge in [0, 0.05) is 26.2 Å². The topological polar surface area (TPSA) is 102 Å². The number of nitrogens with zero attached hydrogens (tertiary/aromatic N) is 2. The van der Waals surface area contributed by atoms with Crippen LogP contribution < -0.4 is 10.5 Å². The molecule has 2 aromatic rings. The van der Waals surface area contributed by atoms with Gasteiger partial charge in [-0.15, -0.1) is 0 Å². The lowest BCUT2D eigenvalue weighted by atomic mass is 9.94. The van der Waals surface area contributed by atoms with Gasteiger partial charge in [0.2, 0.25) is 10.0 Å². The smallest absolute Gasteiger partial charge is 0.416 e. The van der Waals surface area contributed by atoms with Gasteiger partial charge in [-0.3, -0.25) is 9.69 Å². The molecule has 12 heteroatoms. The lowest BCUT2D eigenvalue weighted by Crippen LogP contribution is -2.61. The van der Waals surface area contributed by atoms with Crippen LogP contribution in [-0.2, 0) is 25.7 Å². The van der Waals surface area contributed by atoms with E-state index in [-0.39, 0.29) is 37.8 Å². The molecule has 0 bridgehead atoms. The summed E-state index contributed by atoms with van der Waals surface area (Å²) in [5.41, 5.74) is 6.54. The zero-order chi connectivity index (χ0) is 27.6. The molecule has 0 saturated carbocycles. The molecule has 8 nitrogen and oxygen atoms in total. The fraction of sp³-hybridized carbons (Fsp3) is 0.500. The van der Waals surface area contributed by atoms with Gasteiger partial charge in [-0.1, -0.05) is 30.3 Å². The number of alkyl halides is 3. The summed E-state index contributed by atoms with van der Waals surface area (Å²) in [6.45, 7) is 0.856. The molecule has 2 aliphatic heterocycles. The molecular weight excluding hydrogens is 523 g/mol. The summed E-state index contributed by atoms with van der Waals surface area (Å²) < 4.78 is 76.4. The maximum atomic E-state index is 13.8. The Labute approximate surface area is 220 Å². The largest absolute Gasteiger partial charge is 0.490 e. The molecule has 0 spiro atoms. The number of carbonyl (C=O) groups excluding carboxylic acids is 1. The molecule has 0 aromatic heterocycles. The van der Waals surface area contributed by atoms with Crippen LogP contribution in [0.15, 0.2) is 54.6 Å². The van der Waals surface area contributed by atoms with Crippen molar-refractivity contribution in [1.82, 2.24) is 9.21 Å². The van der Waals surface area contributed by atoms with Crippen molar-refractivity contribution in [3.05, 3.63) is 65.7 Å². The van der Waals surface area contributed by atoms with Gasteiger partial charge in [0.15, 0.2) is 4.75 Å². The third-order valence-electron chi connectivity index (χ3n) is 7.42. The highest BCUT2D eigenvalue weighted by Crippen LogP contribution is 2.38. The van der Waals surface area contributed by atoms with Crippen molar-refractivity contribution in [2.24, 2.45) is 5.73 Å². The van der Waals surface area contributed by atoms with E-state index >= 15 is 0 Å². The number of benzene rings is 2. The minimum Gasteiger partial charge on any atom is -0.490 e. The molecule has 38 heavy (non-hydrogen) atoms. The van der Waals surface area contributed by atoms with E-state index in [0.29, 0.717) is 25.9 Å². The molecule has 2 saturated heterocycles. The number of ether oxygens (including phenoxy) is 2. The number of likely N-dealkylation sites (tertiary alicyclic amines) is 1. The van der Waals surface area contributed by atoms with Gasteiger partial charge >= 0.3 is 12.1 Å². The van der Waals surface area contributed by atoms with E-state index in [1.54, 1.807) is 0 Å². The Kier molecular flexibility index (Phi) is 8.36. The van der Waals surface area contributed by atoms with Crippen LogP contribution in [0.3, 0.4) is 0 Å². The Morgan fingerprint density at radius 3 is 2.11 bits per heavy atom. The zero-order valence-electron chi connectivity index (χ0n) is 21.1. The van der Waals surface area contributed by atoms with Crippen LogP contribution in [0, 0.1) is 0 Å². The van der Waals surface area contributed by atoms with Crippen LogP contribution in [0.2, 0.25) is 0 Å². The summed E-state index contributed by atoms with van der Waals surface area (Å²) in [6.07, 6.45) is -4.46.